The first-order valence-corrected chi connectivity index (χ1v) is 6.11. The highest BCUT2D eigenvalue weighted by atomic mass is 32.1. The van der Waals surface area contributed by atoms with Crippen molar-refractivity contribution in [2.24, 2.45) is 0 Å². The van der Waals surface area contributed by atoms with Gasteiger partial charge in [-0.1, -0.05) is 0 Å². The van der Waals surface area contributed by atoms with Gasteiger partial charge in [-0.2, -0.15) is 0 Å². The molecule has 0 atom stereocenters. The molecule has 2 aromatic heterocycles. The van der Waals surface area contributed by atoms with E-state index in [1.807, 2.05) is 0 Å². The third kappa shape index (κ3) is 1.49. The Kier molecular flexibility index (Phi) is 1.92. The van der Waals surface area contributed by atoms with Crippen LogP contribution in [-0.2, 0) is 0 Å². The van der Waals surface area contributed by atoms with Crippen molar-refractivity contribution in [1.82, 2.24) is 9.97 Å². The zero-order valence-corrected chi connectivity index (χ0v) is 9.47. The van der Waals surface area contributed by atoms with Crippen LogP contribution in [0.15, 0.2) is 17.8 Å². The number of aromatic nitrogens is 2. The molecule has 0 spiro atoms. The second-order valence-electron chi connectivity index (χ2n) is 4.40. The summed E-state index contributed by atoms with van der Waals surface area (Å²) in [4.78, 5) is 9.64. The Labute approximate surface area is 92.6 Å². The predicted molar refractivity (Wildman–Crippen MR) is 63.3 cm³/mol. The molecule has 1 aliphatic carbocycles. The Morgan fingerprint density at radius 3 is 3.00 bits per heavy atom. The fourth-order valence-corrected chi connectivity index (χ4v) is 2.74. The molecule has 0 aromatic carbocycles. The van der Waals surface area contributed by atoms with Crippen LogP contribution in [0, 0.1) is 0 Å². The van der Waals surface area contributed by atoms with Crippen molar-refractivity contribution in [3.8, 4) is 0 Å². The Hall–Kier alpha value is -1.16. The van der Waals surface area contributed by atoms with Gasteiger partial charge in [-0.05, 0) is 37.6 Å². The Bertz CT molecular complexity index is 487. The van der Waals surface area contributed by atoms with Gasteiger partial charge in [0.2, 0.25) is 0 Å². The smallest absolute Gasteiger partial charge is 0.138 e. The van der Waals surface area contributed by atoms with E-state index in [1.54, 1.807) is 17.7 Å². The zero-order valence-electron chi connectivity index (χ0n) is 8.66. The third-order valence-corrected chi connectivity index (χ3v) is 3.96. The molecule has 1 N–H and O–H groups in total. The fraction of sp³-hybridized carbons (Fsp3) is 0.455. The summed E-state index contributed by atoms with van der Waals surface area (Å²) in [5.41, 5.74) is 0.253. The highest BCUT2D eigenvalue weighted by molar-refractivity contribution is 7.16. The summed E-state index contributed by atoms with van der Waals surface area (Å²) in [7, 11) is 0. The van der Waals surface area contributed by atoms with Gasteiger partial charge in [-0.25, -0.2) is 9.97 Å². The monoisotopic (exact) mass is 219 g/mol. The normalized spacial score (nSPS) is 18.7. The summed E-state index contributed by atoms with van der Waals surface area (Å²) in [6.45, 7) is 2.26. The van der Waals surface area contributed by atoms with Crippen LogP contribution in [-0.4, -0.2) is 15.5 Å². The zero-order chi connectivity index (χ0) is 10.3. The van der Waals surface area contributed by atoms with Crippen molar-refractivity contribution in [3.05, 3.63) is 17.8 Å². The maximum Gasteiger partial charge on any atom is 0.138 e. The Morgan fingerprint density at radius 1 is 1.40 bits per heavy atom. The maximum absolute atomic E-state index is 4.33. The van der Waals surface area contributed by atoms with Crippen LogP contribution >= 0.6 is 11.3 Å². The average molecular weight is 219 g/mol. The Morgan fingerprint density at radius 2 is 2.27 bits per heavy atom. The highest BCUT2D eigenvalue weighted by Gasteiger charge is 2.32. The molecule has 0 amide bonds. The van der Waals surface area contributed by atoms with Crippen LogP contribution < -0.4 is 5.32 Å². The summed E-state index contributed by atoms with van der Waals surface area (Å²) in [6.07, 6.45) is 5.44. The molecule has 4 heteroatoms. The van der Waals surface area contributed by atoms with Gasteiger partial charge in [0.1, 0.15) is 17.0 Å². The Balaban J connectivity index is 1.99. The largest absolute Gasteiger partial charge is 0.364 e. The van der Waals surface area contributed by atoms with Crippen LogP contribution in [0.2, 0.25) is 0 Å². The standard InChI is InChI=1S/C11H13N3S/c1-11(4-2-5-11)14-9-8-3-6-15-10(8)13-7-12-9/h3,6-7H,2,4-5H2,1H3,(H,12,13,14). The first-order valence-electron chi connectivity index (χ1n) is 5.23. The van der Waals surface area contributed by atoms with Gasteiger partial charge in [-0.3, -0.25) is 0 Å². The van der Waals surface area contributed by atoms with E-state index in [1.165, 1.54) is 19.3 Å². The molecule has 0 aliphatic heterocycles. The summed E-state index contributed by atoms with van der Waals surface area (Å²) >= 11 is 1.66. The third-order valence-electron chi connectivity index (χ3n) is 3.14. The lowest BCUT2D eigenvalue weighted by Crippen LogP contribution is -2.41. The molecule has 2 aromatic rings. The number of fused-ring (bicyclic) bond motifs is 1. The quantitative estimate of drug-likeness (QED) is 0.843. The number of nitrogens with one attached hydrogen (secondary N) is 1. The van der Waals surface area contributed by atoms with E-state index in [-0.39, 0.29) is 5.54 Å². The lowest BCUT2D eigenvalue weighted by Gasteiger charge is -2.39. The van der Waals surface area contributed by atoms with Gasteiger partial charge < -0.3 is 5.32 Å². The number of rotatable bonds is 2. The minimum atomic E-state index is 0.253. The van der Waals surface area contributed by atoms with Gasteiger partial charge in [0, 0.05) is 5.54 Å². The number of anilines is 1. The number of nitrogens with zero attached hydrogens (tertiary/aromatic N) is 2. The molecular weight excluding hydrogens is 206 g/mol. The van der Waals surface area contributed by atoms with Crippen molar-refractivity contribution in [3.63, 3.8) is 0 Å². The van der Waals surface area contributed by atoms with Crippen LogP contribution in [0.4, 0.5) is 5.82 Å². The molecule has 0 radical (unpaired) electrons. The van der Waals surface area contributed by atoms with E-state index >= 15 is 0 Å². The highest BCUT2D eigenvalue weighted by Crippen LogP contribution is 2.36. The van der Waals surface area contributed by atoms with Gasteiger partial charge >= 0.3 is 0 Å². The molecule has 1 saturated carbocycles. The maximum atomic E-state index is 4.33. The second kappa shape index (κ2) is 3.17. The minimum Gasteiger partial charge on any atom is -0.364 e. The lowest BCUT2D eigenvalue weighted by atomic mass is 9.78. The molecular formula is C11H13N3S. The van der Waals surface area contributed by atoms with Crippen LogP contribution in [0.25, 0.3) is 10.2 Å². The van der Waals surface area contributed by atoms with Crippen LogP contribution in [0.3, 0.4) is 0 Å². The van der Waals surface area contributed by atoms with E-state index < -0.39 is 0 Å². The van der Waals surface area contributed by atoms with E-state index in [0.29, 0.717) is 0 Å². The number of hydrogen-bond donors (Lipinski definition) is 1. The summed E-state index contributed by atoms with van der Waals surface area (Å²) in [6, 6.07) is 2.09. The number of thiophene rings is 1. The molecule has 2 heterocycles. The molecule has 0 unspecified atom stereocenters. The molecule has 0 bridgehead atoms. The van der Waals surface area contributed by atoms with Crippen molar-refractivity contribution >= 4 is 27.4 Å². The van der Waals surface area contributed by atoms with Crippen molar-refractivity contribution in [2.45, 2.75) is 31.7 Å². The molecule has 3 rings (SSSR count). The van der Waals surface area contributed by atoms with E-state index in [2.05, 4.69) is 33.7 Å². The molecule has 3 nitrogen and oxygen atoms in total. The van der Waals surface area contributed by atoms with Gasteiger partial charge in [0.25, 0.3) is 0 Å². The number of hydrogen-bond acceptors (Lipinski definition) is 4. The molecule has 15 heavy (non-hydrogen) atoms. The van der Waals surface area contributed by atoms with Gasteiger partial charge in [-0.15, -0.1) is 11.3 Å². The first kappa shape index (κ1) is 9.09. The minimum absolute atomic E-state index is 0.253. The van der Waals surface area contributed by atoms with Crippen molar-refractivity contribution in [1.29, 1.82) is 0 Å². The van der Waals surface area contributed by atoms with Gasteiger partial charge in [0.05, 0.1) is 5.39 Å². The fourth-order valence-electron chi connectivity index (χ4n) is 2.01. The molecule has 0 saturated heterocycles. The summed E-state index contributed by atoms with van der Waals surface area (Å²) in [5.74, 6) is 0.989. The molecule has 1 fully saturated rings. The SMILES string of the molecule is CC1(Nc2ncnc3sccc23)CCC1. The molecule has 1 aliphatic rings. The van der Waals surface area contributed by atoms with Crippen molar-refractivity contribution in [2.75, 3.05) is 5.32 Å². The van der Waals surface area contributed by atoms with E-state index in [0.717, 1.165) is 16.0 Å². The van der Waals surface area contributed by atoms with Gasteiger partial charge in [0.15, 0.2) is 0 Å². The van der Waals surface area contributed by atoms with Crippen LogP contribution in [0.5, 0.6) is 0 Å². The van der Waals surface area contributed by atoms with E-state index in [9.17, 15) is 0 Å². The predicted octanol–water partition coefficient (Wildman–Crippen LogP) is 3.05. The lowest BCUT2D eigenvalue weighted by molar-refractivity contribution is 0.306. The van der Waals surface area contributed by atoms with E-state index in [4.69, 9.17) is 0 Å². The average Bonchev–Trinajstić information content (AvgIpc) is 2.64. The molecule has 78 valence electrons. The van der Waals surface area contributed by atoms with Crippen molar-refractivity contribution < 1.29 is 0 Å². The first-order chi connectivity index (χ1) is 7.27. The summed E-state index contributed by atoms with van der Waals surface area (Å²) in [5, 5.41) is 6.75. The second-order valence-corrected chi connectivity index (χ2v) is 5.30. The topological polar surface area (TPSA) is 37.8 Å². The summed E-state index contributed by atoms with van der Waals surface area (Å²) < 4.78 is 0. The van der Waals surface area contributed by atoms with Crippen LogP contribution in [0.1, 0.15) is 26.2 Å².